The Labute approximate surface area is 172 Å². The second-order valence-corrected chi connectivity index (χ2v) is 8.54. The lowest BCUT2D eigenvalue weighted by Gasteiger charge is -2.51. The number of fused-ring (bicyclic) bond motifs is 2. The van der Waals surface area contributed by atoms with Gasteiger partial charge >= 0.3 is 6.09 Å². The molecule has 2 fully saturated rings. The molecule has 2 aromatic carbocycles. The van der Waals surface area contributed by atoms with Crippen molar-refractivity contribution in [2.75, 3.05) is 19.0 Å². The van der Waals surface area contributed by atoms with Gasteiger partial charge in [-0.05, 0) is 30.9 Å². The van der Waals surface area contributed by atoms with Crippen molar-refractivity contribution in [1.29, 1.82) is 0 Å². The first-order valence-electron chi connectivity index (χ1n) is 10.5. The van der Waals surface area contributed by atoms with Gasteiger partial charge in [0, 0.05) is 50.3 Å². The number of piperidine rings is 2. The van der Waals surface area contributed by atoms with Crippen LogP contribution in [0.25, 0.3) is 0 Å². The van der Waals surface area contributed by atoms with E-state index in [1.54, 1.807) is 0 Å². The largest absolute Gasteiger partial charge is 0.445 e. The Bertz CT molecular complexity index is 838. The lowest BCUT2D eigenvalue weighted by atomic mass is 9.72. The molecule has 2 aliphatic heterocycles. The van der Waals surface area contributed by atoms with Gasteiger partial charge < -0.3 is 19.6 Å². The van der Waals surface area contributed by atoms with Gasteiger partial charge in [0.25, 0.3) is 0 Å². The molecule has 0 spiro atoms. The monoisotopic (exact) mass is 394 g/mol. The second kappa shape index (κ2) is 8.07. The summed E-state index contributed by atoms with van der Waals surface area (Å²) in [5.74, 6) is 0. The van der Waals surface area contributed by atoms with Gasteiger partial charge in [0.05, 0.1) is 5.60 Å². The Morgan fingerprint density at radius 1 is 1.07 bits per heavy atom. The van der Waals surface area contributed by atoms with Crippen LogP contribution in [0.3, 0.4) is 0 Å². The first-order chi connectivity index (χ1) is 14.0. The molecule has 2 aromatic rings. The molecule has 2 heterocycles. The van der Waals surface area contributed by atoms with E-state index < -0.39 is 5.60 Å². The third-order valence-corrected chi connectivity index (χ3v) is 6.31. The predicted octanol–water partition coefficient (Wildman–Crippen LogP) is 4.29. The van der Waals surface area contributed by atoms with E-state index in [1.165, 1.54) is 0 Å². The van der Waals surface area contributed by atoms with Crippen molar-refractivity contribution in [3.63, 3.8) is 0 Å². The molecule has 0 aliphatic carbocycles. The Kier molecular flexibility index (Phi) is 5.50. The van der Waals surface area contributed by atoms with E-state index in [9.17, 15) is 9.90 Å². The fraction of sp³-hybridized carbons (Fsp3) is 0.458. The summed E-state index contributed by atoms with van der Waals surface area (Å²) in [5, 5.41) is 11.7. The van der Waals surface area contributed by atoms with Gasteiger partial charge in [-0.2, -0.15) is 0 Å². The third kappa shape index (κ3) is 3.97. The average Bonchev–Trinajstić information content (AvgIpc) is 2.72. The van der Waals surface area contributed by atoms with Gasteiger partial charge in [0.15, 0.2) is 0 Å². The van der Waals surface area contributed by atoms with Crippen molar-refractivity contribution < 1.29 is 14.6 Å². The molecule has 1 N–H and O–H groups in total. The number of hydrogen-bond acceptors (Lipinski definition) is 4. The van der Waals surface area contributed by atoms with Crippen molar-refractivity contribution in [2.45, 2.75) is 56.4 Å². The molecule has 2 saturated heterocycles. The number of carbonyl (C=O) groups excluding carboxylic acids is 1. The summed E-state index contributed by atoms with van der Waals surface area (Å²) in [6.07, 6.45) is 3.74. The van der Waals surface area contributed by atoms with Crippen LogP contribution in [0.2, 0.25) is 0 Å². The Balaban J connectivity index is 1.53. The summed E-state index contributed by atoms with van der Waals surface area (Å²) in [4.78, 5) is 16.9. The van der Waals surface area contributed by atoms with Crippen LogP contribution >= 0.6 is 0 Å². The number of rotatable bonds is 4. The quantitative estimate of drug-likeness (QED) is 0.840. The lowest BCUT2D eigenvalue weighted by Crippen LogP contribution is -2.59. The van der Waals surface area contributed by atoms with Gasteiger partial charge in [-0.25, -0.2) is 4.79 Å². The van der Waals surface area contributed by atoms with Crippen LogP contribution in [0.5, 0.6) is 0 Å². The van der Waals surface area contributed by atoms with Crippen LogP contribution in [0.4, 0.5) is 10.5 Å². The fourth-order valence-electron chi connectivity index (χ4n) is 5.00. The van der Waals surface area contributed by atoms with Gasteiger partial charge in [-0.3, -0.25) is 0 Å². The van der Waals surface area contributed by atoms with Crippen LogP contribution in [0.15, 0.2) is 54.6 Å². The summed E-state index contributed by atoms with van der Waals surface area (Å²) >= 11 is 0. The molecule has 0 saturated carbocycles. The molecular weight excluding hydrogens is 364 g/mol. The van der Waals surface area contributed by atoms with Crippen LogP contribution < -0.4 is 4.90 Å². The molecule has 0 aromatic heterocycles. The van der Waals surface area contributed by atoms with Gasteiger partial charge in [0.1, 0.15) is 6.61 Å². The van der Waals surface area contributed by atoms with Crippen molar-refractivity contribution in [1.82, 2.24) is 4.90 Å². The van der Waals surface area contributed by atoms with Crippen LogP contribution in [0, 0.1) is 0 Å². The zero-order valence-corrected chi connectivity index (χ0v) is 17.3. The topological polar surface area (TPSA) is 53.0 Å². The number of para-hydroxylation sites is 1. The number of amides is 1. The van der Waals surface area contributed by atoms with Crippen LogP contribution in [-0.2, 0) is 16.9 Å². The standard InChI is InChI=1S/C24H30N2O3/c1-25(2)22-14-7-6-13-21(22)24(28)15-19-11-8-12-20(16-24)26(19)23(27)29-17-18-9-4-3-5-10-18/h3-7,9-10,13-14,19-20,28H,8,11-12,15-17H2,1-2H3. The van der Waals surface area contributed by atoms with Gasteiger partial charge in [-0.15, -0.1) is 0 Å². The molecule has 4 rings (SSSR count). The predicted molar refractivity (Wildman–Crippen MR) is 114 cm³/mol. The van der Waals surface area contributed by atoms with E-state index in [0.29, 0.717) is 12.8 Å². The highest BCUT2D eigenvalue weighted by Gasteiger charge is 2.49. The molecule has 2 atom stereocenters. The Morgan fingerprint density at radius 2 is 1.69 bits per heavy atom. The molecule has 29 heavy (non-hydrogen) atoms. The minimum Gasteiger partial charge on any atom is -0.445 e. The van der Waals surface area contributed by atoms with Crippen molar-refractivity contribution in [3.05, 3.63) is 65.7 Å². The number of aliphatic hydroxyl groups is 1. The van der Waals surface area contributed by atoms with Crippen molar-refractivity contribution in [2.24, 2.45) is 0 Å². The highest BCUT2D eigenvalue weighted by molar-refractivity contribution is 5.69. The van der Waals surface area contributed by atoms with Crippen LogP contribution in [-0.4, -0.2) is 42.3 Å². The maximum Gasteiger partial charge on any atom is 0.410 e. The minimum absolute atomic E-state index is 0.00555. The normalized spacial score (nSPS) is 26.1. The molecule has 1 amide bonds. The smallest absolute Gasteiger partial charge is 0.410 e. The number of anilines is 1. The molecular formula is C24H30N2O3. The molecule has 0 radical (unpaired) electrons. The second-order valence-electron chi connectivity index (χ2n) is 8.54. The number of hydrogen-bond donors (Lipinski definition) is 1. The number of carbonyl (C=O) groups is 1. The summed E-state index contributed by atoms with van der Waals surface area (Å²) in [6, 6.07) is 17.8. The minimum atomic E-state index is -0.924. The first kappa shape index (κ1) is 19.8. The van der Waals surface area contributed by atoms with E-state index in [1.807, 2.05) is 78.5 Å². The Morgan fingerprint density at radius 3 is 2.34 bits per heavy atom. The van der Waals surface area contributed by atoms with Crippen molar-refractivity contribution in [3.8, 4) is 0 Å². The maximum atomic E-state index is 12.9. The lowest BCUT2D eigenvalue weighted by molar-refractivity contribution is -0.0893. The average molecular weight is 395 g/mol. The first-order valence-corrected chi connectivity index (χ1v) is 10.5. The molecule has 2 unspecified atom stereocenters. The number of ether oxygens (including phenoxy) is 1. The SMILES string of the molecule is CN(C)c1ccccc1C1(O)CC2CCCC(C1)N2C(=O)OCc1ccccc1. The Hall–Kier alpha value is -2.53. The van der Waals surface area contributed by atoms with E-state index in [2.05, 4.69) is 0 Å². The van der Waals surface area contributed by atoms with E-state index >= 15 is 0 Å². The summed E-state index contributed by atoms with van der Waals surface area (Å²) in [7, 11) is 4.00. The summed E-state index contributed by atoms with van der Waals surface area (Å²) in [6.45, 7) is 0.281. The molecule has 5 heteroatoms. The fourth-order valence-corrected chi connectivity index (χ4v) is 5.00. The zero-order chi connectivity index (χ0) is 20.4. The van der Waals surface area contributed by atoms with Crippen molar-refractivity contribution >= 4 is 11.8 Å². The molecule has 154 valence electrons. The third-order valence-electron chi connectivity index (χ3n) is 6.31. The highest BCUT2D eigenvalue weighted by atomic mass is 16.6. The maximum absolute atomic E-state index is 12.9. The molecule has 5 nitrogen and oxygen atoms in total. The summed E-state index contributed by atoms with van der Waals surface area (Å²) < 4.78 is 5.64. The van der Waals surface area contributed by atoms with Gasteiger partial charge in [-0.1, -0.05) is 48.5 Å². The number of benzene rings is 2. The van der Waals surface area contributed by atoms with E-state index in [4.69, 9.17) is 4.74 Å². The van der Waals surface area contributed by atoms with E-state index in [-0.39, 0.29) is 24.8 Å². The van der Waals surface area contributed by atoms with E-state index in [0.717, 1.165) is 36.1 Å². The zero-order valence-electron chi connectivity index (χ0n) is 17.3. The van der Waals surface area contributed by atoms with Crippen LogP contribution in [0.1, 0.15) is 43.2 Å². The molecule has 2 aliphatic rings. The highest BCUT2D eigenvalue weighted by Crippen LogP contribution is 2.46. The molecule has 2 bridgehead atoms. The number of nitrogens with zero attached hydrogens (tertiary/aromatic N) is 2. The summed E-state index contributed by atoms with van der Waals surface area (Å²) in [5.41, 5.74) is 2.05. The van der Waals surface area contributed by atoms with Gasteiger partial charge in [0.2, 0.25) is 0 Å².